The van der Waals surface area contributed by atoms with Gasteiger partial charge in [0.15, 0.2) is 11.5 Å². The number of nitrogens with zero attached hydrogens (tertiary/aromatic N) is 3. The van der Waals surface area contributed by atoms with Crippen LogP contribution in [0.3, 0.4) is 0 Å². The van der Waals surface area contributed by atoms with Crippen LogP contribution in [0.5, 0.6) is 11.5 Å². The zero-order chi connectivity index (χ0) is 31.4. The topological polar surface area (TPSA) is 90.3 Å². The standard InChI is InChI=1S/C34H38BrN5O3S/c1-7-15-44-34-38-33-36-23(6)29(32(41)37-27-14-13-20(3)16-22(27)5)30(40(33)39-34)25-17-26(35)31(28(18-25)42-8-2)43-19-24-12-10-9-11-21(24)4/h9-14,16-18,30H,7-8,15,19H2,1-6H3,(H,37,41)(H,36,38,39). The Kier molecular flexibility index (Phi) is 10.0. The number of fused-ring (bicyclic) bond motifs is 1. The molecule has 8 nitrogen and oxygen atoms in total. The van der Waals surface area contributed by atoms with Gasteiger partial charge >= 0.3 is 0 Å². The fraction of sp³-hybridized carbons (Fsp3) is 0.324. The molecule has 5 rings (SSSR count). The SMILES string of the molecule is CCCSc1nc2n(n1)C(c1cc(Br)c(OCc3ccccc3C)c(OCC)c1)C(C(=O)Nc1ccc(C)cc1C)=C(C)N2. The first-order valence-electron chi connectivity index (χ1n) is 14.8. The lowest BCUT2D eigenvalue weighted by molar-refractivity contribution is -0.113. The minimum absolute atomic E-state index is 0.218. The summed E-state index contributed by atoms with van der Waals surface area (Å²) >= 11 is 5.36. The third-order valence-electron chi connectivity index (χ3n) is 7.42. The normalized spacial score (nSPS) is 14.2. The Labute approximate surface area is 271 Å². The predicted octanol–water partition coefficient (Wildman–Crippen LogP) is 8.37. The Hall–Kier alpha value is -3.76. The molecule has 2 N–H and O–H groups in total. The second-order valence-corrected chi connectivity index (χ2v) is 12.7. The molecule has 0 spiro atoms. The summed E-state index contributed by atoms with van der Waals surface area (Å²) in [6.45, 7) is 12.9. The van der Waals surface area contributed by atoms with Crippen LogP contribution in [-0.4, -0.2) is 33.0 Å². The molecule has 1 aliphatic rings. The van der Waals surface area contributed by atoms with Crippen LogP contribution in [0.1, 0.15) is 61.1 Å². The summed E-state index contributed by atoms with van der Waals surface area (Å²) in [5.74, 6) is 2.45. The van der Waals surface area contributed by atoms with Crippen molar-refractivity contribution >= 4 is 45.2 Å². The van der Waals surface area contributed by atoms with E-state index in [0.29, 0.717) is 47.1 Å². The zero-order valence-corrected chi connectivity index (χ0v) is 28.4. The number of benzene rings is 3. The first-order valence-corrected chi connectivity index (χ1v) is 16.6. The molecule has 0 bridgehead atoms. The van der Waals surface area contributed by atoms with Crippen LogP contribution in [0.25, 0.3) is 0 Å². The lowest BCUT2D eigenvalue weighted by Gasteiger charge is -2.29. The van der Waals surface area contributed by atoms with Gasteiger partial charge in [0.2, 0.25) is 11.1 Å². The van der Waals surface area contributed by atoms with Crippen molar-refractivity contribution in [3.8, 4) is 11.5 Å². The third-order valence-corrected chi connectivity index (χ3v) is 9.06. The van der Waals surface area contributed by atoms with E-state index in [9.17, 15) is 4.79 Å². The van der Waals surface area contributed by atoms with E-state index in [4.69, 9.17) is 19.6 Å². The molecule has 0 saturated carbocycles. The summed E-state index contributed by atoms with van der Waals surface area (Å²) < 4.78 is 15.0. The van der Waals surface area contributed by atoms with Crippen LogP contribution in [0.15, 0.2) is 75.5 Å². The summed E-state index contributed by atoms with van der Waals surface area (Å²) in [7, 11) is 0. The molecule has 0 fully saturated rings. The van der Waals surface area contributed by atoms with Crippen molar-refractivity contribution in [3.63, 3.8) is 0 Å². The van der Waals surface area contributed by atoms with Crippen molar-refractivity contribution in [3.05, 3.63) is 98.2 Å². The maximum Gasteiger partial charge on any atom is 0.255 e. The van der Waals surface area contributed by atoms with Crippen molar-refractivity contribution in [2.45, 2.75) is 65.8 Å². The molecular weight excluding hydrogens is 638 g/mol. The van der Waals surface area contributed by atoms with Gasteiger partial charge in [-0.25, -0.2) is 4.68 Å². The van der Waals surface area contributed by atoms with Gasteiger partial charge in [-0.3, -0.25) is 4.79 Å². The highest BCUT2D eigenvalue weighted by Crippen LogP contribution is 2.44. The quantitative estimate of drug-likeness (QED) is 0.154. The van der Waals surface area contributed by atoms with Gasteiger partial charge in [-0.15, -0.1) is 5.10 Å². The van der Waals surface area contributed by atoms with Crippen molar-refractivity contribution in [2.24, 2.45) is 0 Å². The lowest BCUT2D eigenvalue weighted by Crippen LogP contribution is -2.31. The molecule has 1 unspecified atom stereocenters. The van der Waals surface area contributed by atoms with Crippen molar-refractivity contribution in [1.29, 1.82) is 0 Å². The number of hydrogen-bond donors (Lipinski definition) is 2. The molecule has 1 atom stereocenters. The van der Waals surface area contributed by atoms with E-state index in [1.54, 1.807) is 16.4 Å². The number of aryl methyl sites for hydroxylation is 3. The van der Waals surface area contributed by atoms with E-state index in [1.807, 2.05) is 64.1 Å². The minimum atomic E-state index is -0.568. The van der Waals surface area contributed by atoms with Gasteiger partial charge < -0.3 is 20.1 Å². The Morgan fingerprint density at radius 3 is 2.57 bits per heavy atom. The molecule has 1 amide bonds. The summed E-state index contributed by atoms with van der Waals surface area (Å²) in [5, 5.41) is 12.0. The number of ether oxygens (including phenoxy) is 2. The number of carbonyl (C=O) groups excluding carboxylic acids is 1. The van der Waals surface area contributed by atoms with Gasteiger partial charge in [0.25, 0.3) is 5.91 Å². The molecular formula is C34H38BrN5O3S. The molecule has 2 heterocycles. The molecule has 4 aromatic rings. The highest BCUT2D eigenvalue weighted by molar-refractivity contribution is 9.10. The highest BCUT2D eigenvalue weighted by atomic mass is 79.9. The molecule has 44 heavy (non-hydrogen) atoms. The largest absolute Gasteiger partial charge is 0.490 e. The van der Waals surface area contributed by atoms with Crippen LogP contribution >= 0.6 is 27.7 Å². The van der Waals surface area contributed by atoms with Crippen LogP contribution in [0.2, 0.25) is 0 Å². The zero-order valence-electron chi connectivity index (χ0n) is 26.0. The number of halogens is 1. The van der Waals surface area contributed by atoms with Crippen LogP contribution in [-0.2, 0) is 11.4 Å². The number of anilines is 2. The number of thioether (sulfide) groups is 1. The maximum atomic E-state index is 14.1. The number of nitrogens with one attached hydrogen (secondary N) is 2. The fourth-order valence-electron chi connectivity index (χ4n) is 5.20. The monoisotopic (exact) mass is 675 g/mol. The van der Waals surface area contributed by atoms with E-state index in [0.717, 1.165) is 50.2 Å². The highest BCUT2D eigenvalue weighted by Gasteiger charge is 2.35. The Bertz CT molecular complexity index is 1720. The Morgan fingerprint density at radius 2 is 1.84 bits per heavy atom. The van der Waals surface area contributed by atoms with Gasteiger partial charge in [0.05, 0.1) is 16.7 Å². The number of rotatable bonds is 11. The summed E-state index contributed by atoms with van der Waals surface area (Å²) in [6, 6.07) is 17.5. The Morgan fingerprint density at radius 1 is 1.05 bits per heavy atom. The average Bonchev–Trinajstić information content (AvgIpc) is 3.39. The van der Waals surface area contributed by atoms with Gasteiger partial charge in [0.1, 0.15) is 12.6 Å². The second-order valence-electron chi connectivity index (χ2n) is 10.8. The smallest absolute Gasteiger partial charge is 0.255 e. The van der Waals surface area contributed by atoms with Crippen molar-refractivity contribution in [2.75, 3.05) is 23.0 Å². The second kappa shape index (κ2) is 13.9. The average molecular weight is 677 g/mol. The van der Waals surface area contributed by atoms with Gasteiger partial charge in [-0.2, -0.15) is 4.98 Å². The first kappa shape index (κ1) is 31.7. The van der Waals surface area contributed by atoms with E-state index < -0.39 is 6.04 Å². The molecule has 1 aliphatic heterocycles. The number of carbonyl (C=O) groups is 1. The van der Waals surface area contributed by atoms with Crippen LogP contribution in [0.4, 0.5) is 11.6 Å². The maximum absolute atomic E-state index is 14.1. The number of allylic oxidation sites excluding steroid dienone is 1. The van der Waals surface area contributed by atoms with E-state index in [1.165, 1.54) is 0 Å². The minimum Gasteiger partial charge on any atom is -0.490 e. The third kappa shape index (κ3) is 6.81. The van der Waals surface area contributed by atoms with E-state index in [2.05, 4.69) is 58.6 Å². The molecule has 3 aromatic carbocycles. The summed E-state index contributed by atoms with van der Waals surface area (Å²) in [5.41, 5.74) is 7.20. The summed E-state index contributed by atoms with van der Waals surface area (Å²) in [4.78, 5) is 18.9. The molecule has 0 aliphatic carbocycles. The fourth-order valence-corrected chi connectivity index (χ4v) is 6.46. The van der Waals surface area contributed by atoms with Gasteiger partial charge in [0, 0.05) is 17.1 Å². The Balaban J connectivity index is 1.58. The van der Waals surface area contributed by atoms with Gasteiger partial charge in [-0.1, -0.05) is 60.6 Å². The molecule has 230 valence electrons. The van der Waals surface area contributed by atoms with E-state index >= 15 is 0 Å². The van der Waals surface area contributed by atoms with Crippen LogP contribution < -0.4 is 20.1 Å². The predicted molar refractivity (Wildman–Crippen MR) is 181 cm³/mol. The lowest BCUT2D eigenvalue weighted by atomic mass is 9.94. The van der Waals surface area contributed by atoms with Crippen LogP contribution in [0, 0.1) is 20.8 Å². The van der Waals surface area contributed by atoms with Gasteiger partial charge in [-0.05, 0) is 97.4 Å². The molecule has 0 radical (unpaired) electrons. The molecule has 1 aromatic heterocycles. The molecule has 10 heteroatoms. The number of aromatic nitrogens is 3. The van der Waals surface area contributed by atoms with Crippen molar-refractivity contribution in [1.82, 2.24) is 14.8 Å². The number of amides is 1. The molecule has 0 saturated heterocycles. The summed E-state index contributed by atoms with van der Waals surface area (Å²) in [6.07, 6.45) is 1.00. The van der Waals surface area contributed by atoms with Crippen molar-refractivity contribution < 1.29 is 14.3 Å². The number of hydrogen-bond acceptors (Lipinski definition) is 7. The first-order chi connectivity index (χ1) is 21.2. The van der Waals surface area contributed by atoms with E-state index in [-0.39, 0.29) is 5.91 Å².